The van der Waals surface area contributed by atoms with Gasteiger partial charge in [0.25, 0.3) is 0 Å². The molecule has 0 atom stereocenters. The van der Waals surface area contributed by atoms with Crippen LogP contribution < -0.4 is 5.32 Å². The summed E-state index contributed by atoms with van der Waals surface area (Å²) < 4.78 is 15.6. The predicted molar refractivity (Wildman–Crippen MR) is 89.4 cm³/mol. The van der Waals surface area contributed by atoms with Crippen LogP contribution in [0.5, 0.6) is 0 Å². The van der Waals surface area contributed by atoms with Gasteiger partial charge in [-0.2, -0.15) is 0 Å². The monoisotopic (exact) mass is 317 g/mol. The second-order valence-corrected chi connectivity index (χ2v) is 5.60. The van der Waals surface area contributed by atoms with Crippen LogP contribution in [0.15, 0.2) is 42.5 Å². The Morgan fingerprint density at radius 2 is 1.95 bits per heavy atom. The highest BCUT2D eigenvalue weighted by atomic mass is 35.5. The Balaban J connectivity index is 2.12. The Bertz CT molecular complexity index is 780. The minimum atomic E-state index is -0.275. The molecule has 0 saturated carbocycles. The van der Waals surface area contributed by atoms with E-state index >= 15 is 0 Å². The van der Waals surface area contributed by atoms with Gasteiger partial charge >= 0.3 is 0 Å². The molecule has 0 aliphatic heterocycles. The lowest BCUT2D eigenvalue weighted by molar-refractivity contribution is 0.629. The maximum atomic E-state index is 13.6. The van der Waals surface area contributed by atoms with Crippen molar-refractivity contribution in [3.05, 3.63) is 53.3 Å². The molecule has 1 N–H and O–H groups in total. The van der Waals surface area contributed by atoms with E-state index in [1.54, 1.807) is 6.07 Å². The van der Waals surface area contributed by atoms with Gasteiger partial charge in [-0.05, 0) is 42.8 Å². The molecule has 114 valence electrons. The summed E-state index contributed by atoms with van der Waals surface area (Å²) in [5, 5.41) is 4.00. The number of anilines is 1. The highest BCUT2D eigenvalue weighted by molar-refractivity contribution is 6.30. The number of hydrogen-bond donors (Lipinski definition) is 1. The van der Waals surface area contributed by atoms with E-state index in [4.69, 9.17) is 11.6 Å². The Morgan fingerprint density at radius 1 is 1.18 bits per heavy atom. The number of halogens is 2. The molecule has 0 saturated heterocycles. The third kappa shape index (κ3) is 2.92. The highest BCUT2D eigenvalue weighted by Gasteiger charge is 2.13. The van der Waals surface area contributed by atoms with Gasteiger partial charge in [0.2, 0.25) is 5.95 Å². The summed E-state index contributed by atoms with van der Waals surface area (Å²) in [7, 11) is 0. The van der Waals surface area contributed by atoms with Gasteiger partial charge in [0.05, 0.1) is 11.0 Å². The fourth-order valence-electron chi connectivity index (χ4n) is 2.40. The molecule has 0 bridgehead atoms. The van der Waals surface area contributed by atoms with E-state index in [0.29, 0.717) is 5.02 Å². The number of imidazole rings is 1. The normalized spacial score (nSPS) is 11.0. The van der Waals surface area contributed by atoms with E-state index in [0.717, 1.165) is 42.1 Å². The molecule has 0 amide bonds. The highest BCUT2D eigenvalue weighted by Crippen LogP contribution is 2.26. The van der Waals surface area contributed by atoms with Gasteiger partial charge in [-0.15, -0.1) is 0 Å². The number of fused-ring (bicyclic) bond motifs is 1. The van der Waals surface area contributed by atoms with Crippen LogP contribution in [-0.4, -0.2) is 16.1 Å². The summed E-state index contributed by atoms with van der Waals surface area (Å²) in [5.41, 5.74) is 2.40. The number of nitrogens with one attached hydrogen (secondary N) is 1. The maximum absolute atomic E-state index is 13.6. The molecule has 0 spiro atoms. The molecule has 0 fully saturated rings. The lowest BCUT2D eigenvalue weighted by Crippen LogP contribution is -2.07. The van der Waals surface area contributed by atoms with Crippen LogP contribution in [0.25, 0.3) is 16.7 Å². The number of nitrogens with zero attached hydrogens (tertiary/aromatic N) is 2. The smallest absolute Gasteiger partial charge is 0.208 e. The van der Waals surface area contributed by atoms with Gasteiger partial charge in [0, 0.05) is 23.3 Å². The molecular weight excluding hydrogens is 301 g/mol. The second-order valence-electron chi connectivity index (χ2n) is 5.16. The molecule has 0 aliphatic rings. The van der Waals surface area contributed by atoms with Crippen molar-refractivity contribution >= 4 is 28.6 Å². The Labute approximate surface area is 133 Å². The van der Waals surface area contributed by atoms with E-state index in [2.05, 4.69) is 17.2 Å². The molecule has 0 radical (unpaired) electrons. The third-order valence-corrected chi connectivity index (χ3v) is 3.77. The van der Waals surface area contributed by atoms with Crippen LogP contribution in [-0.2, 0) is 0 Å². The van der Waals surface area contributed by atoms with E-state index in [1.165, 1.54) is 12.1 Å². The minimum Gasteiger partial charge on any atom is -0.355 e. The molecule has 5 heteroatoms. The van der Waals surface area contributed by atoms with Crippen molar-refractivity contribution in [1.82, 2.24) is 9.55 Å². The van der Waals surface area contributed by atoms with Gasteiger partial charge in [0.1, 0.15) is 5.82 Å². The molecule has 1 heterocycles. The van der Waals surface area contributed by atoms with Gasteiger partial charge in [-0.3, -0.25) is 4.57 Å². The minimum absolute atomic E-state index is 0.275. The van der Waals surface area contributed by atoms with Crippen molar-refractivity contribution in [2.75, 3.05) is 11.9 Å². The number of unbranched alkanes of at least 4 members (excludes halogenated alkanes) is 1. The molecule has 0 aliphatic carbocycles. The SMILES string of the molecule is CCCCNc1nc2ccc(F)cc2n1-c1ccc(Cl)cc1. The van der Waals surface area contributed by atoms with Crippen molar-refractivity contribution in [2.45, 2.75) is 19.8 Å². The van der Waals surface area contributed by atoms with Crippen molar-refractivity contribution in [3.63, 3.8) is 0 Å². The van der Waals surface area contributed by atoms with Crippen LogP contribution in [0.4, 0.5) is 10.3 Å². The standard InChI is InChI=1S/C17H17ClFN3/c1-2-3-10-20-17-21-15-9-6-13(19)11-16(15)22(17)14-7-4-12(18)5-8-14/h4-9,11H,2-3,10H2,1H3,(H,20,21). The van der Waals surface area contributed by atoms with Crippen LogP contribution in [0.3, 0.4) is 0 Å². The first-order valence-corrected chi connectivity index (χ1v) is 7.74. The second kappa shape index (κ2) is 6.36. The first-order valence-electron chi connectivity index (χ1n) is 7.37. The molecule has 3 aromatic rings. The third-order valence-electron chi connectivity index (χ3n) is 3.51. The number of aromatic nitrogens is 2. The average molecular weight is 318 g/mol. The quantitative estimate of drug-likeness (QED) is 0.669. The fourth-order valence-corrected chi connectivity index (χ4v) is 2.52. The summed E-state index contributed by atoms with van der Waals surface area (Å²) in [4.78, 5) is 4.58. The van der Waals surface area contributed by atoms with Crippen LogP contribution in [0.2, 0.25) is 5.02 Å². The summed E-state index contributed by atoms with van der Waals surface area (Å²) in [6.07, 6.45) is 2.15. The molecule has 3 rings (SSSR count). The van der Waals surface area contributed by atoms with E-state index in [9.17, 15) is 4.39 Å². The van der Waals surface area contributed by atoms with Gasteiger partial charge in [-0.25, -0.2) is 9.37 Å². The van der Waals surface area contributed by atoms with Gasteiger partial charge in [-0.1, -0.05) is 24.9 Å². The fraction of sp³-hybridized carbons (Fsp3) is 0.235. The predicted octanol–water partition coefficient (Wildman–Crippen LogP) is 5.03. The van der Waals surface area contributed by atoms with Gasteiger partial charge < -0.3 is 5.32 Å². The first-order chi connectivity index (χ1) is 10.7. The van der Waals surface area contributed by atoms with Crippen molar-refractivity contribution in [2.24, 2.45) is 0 Å². The number of benzene rings is 2. The topological polar surface area (TPSA) is 29.9 Å². The first kappa shape index (κ1) is 14.9. The van der Waals surface area contributed by atoms with E-state index in [1.807, 2.05) is 28.8 Å². The largest absolute Gasteiger partial charge is 0.355 e. The number of rotatable bonds is 5. The molecule has 22 heavy (non-hydrogen) atoms. The molecule has 2 aromatic carbocycles. The maximum Gasteiger partial charge on any atom is 0.208 e. The lowest BCUT2D eigenvalue weighted by Gasteiger charge is -2.10. The summed E-state index contributed by atoms with van der Waals surface area (Å²) in [5.74, 6) is 0.444. The zero-order valence-electron chi connectivity index (χ0n) is 12.3. The van der Waals surface area contributed by atoms with Crippen LogP contribution in [0, 0.1) is 5.82 Å². The summed E-state index contributed by atoms with van der Waals surface area (Å²) >= 11 is 5.96. The van der Waals surface area contributed by atoms with Crippen molar-refractivity contribution in [3.8, 4) is 5.69 Å². The Hall–Kier alpha value is -2.07. The molecule has 0 unspecified atom stereocenters. The summed E-state index contributed by atoms with van der Waals surface area (Å²) in [6.45, 7) is 2.97. The van der Waals surface area contributed by atoms with E-state index < -0.39 is 0 Å². The van der Waals surface area contributed by atoms with Crippen LogP contribution in [0.1, 0.15) is 19.8 Å². The van der Waals surface area contributed by atoms with E-state index in [-0.39, 0.29) is 5.82 Å². The Morgan fingerprint density at radius 3 is 2.68 bits per heavy atom. The molecular formula is C17H17ClFN3. The zero-order valence-corrected chi connectivity index (χ0v) is 13.1. The Kier molecular flexibility index (Phi) is 4.29. The zero-order chi connectivity index (χ0) is 15.5. The van der Waals surface area contributed by atoms with Gasteiger partial charge in [0.15, 0.2) is 0 Å². The molecule has 1 aromatic heterocycles. The molecule has 3 nitrogen and oxygen atoms in total. The summed E-state index contributed by atoms with van der Waals surface area (Å²) in [6, 6.07) is 12.1. The number of hydrogen-bond acceptors (Lipinski definition) is 2. The average Bonchev–Trinajstić information content (AvgIpc) is 2.86. The van der Waals surface area contributed by atoms with Crippen LogP contribution >= 0.6 is 11.6 Å². The van der Waals surface area contributed by atoms with Crippen molar-refractivity contribution < 1.29 is 4.39 Å². The van der Waals surface area contributed by atoms with Crippen molar-refractivity contribution in [1.29, 1.82) is 0 Å². The lowest BCUT2D eigenvalue weighted by atomic mass is 10.2.